The van der Waals surface area contributed by atoms with E-state index in [0.717, 1.165) is 11.3 Å². The maximum atomic E-state index is 12.4. The number of carbonyl (C=O) groups is 2. The van der Waals surface area contributed by atoms with Crippen LogP contribution < -0.4 is 9.62 Å². The second-order valence-corrected chi connectivity index (χ2v) is 8.31. The van der Waals surface area contributed by atoms with Crippen LogP contribution in [0.2, 0.25) is 0 Å². The first-order valence-corrected chi connectivity index (χ1v) is 9.79. The smallest absolute Gasteiger partial charge is 0.349 e. The maximum Gasteiger partial charge on any atom is 0.349 e. The highest BCUT2D eigenvalue weighted by atomic mass is 32.2. The first kappa shape index (κ1) is 17.4. The number of hydrogen-bond donors (Lipinski definition) is 1. The van der Waals surface area contributed by atoms with Gasteiger partial charge in [-0.25, -0.2) is 18.2 Å². The Morgan fingerprint density at radius 2 is 2.16 bits per heavy atom. The van der Waals surface area contributed by atoms with Gasteiger partial charge in [-0.2, -0.15) is 0 Å². The predicted octanol–water partition coefficient (Wildman–Crippen LogP) is 1.72. The summed E-state index contributed by atoms with van der Waals surface area (Å²) in [6, 6.07) is 6.38. The van der Waals surface area contributed by atoms with Crippen molar-refractivity contribution in [2.75, 3.05) is 29.0 Å². The molecule has 10 heteroatoms. The van der Waals surface area contributed by atoms with Crippen molar-refractivity contribution in [2.45, 2.75) is 6.42 Å². The van der Waals surface area contributed by atoms with Gasteiger partial charge < -0.3 is 4.74 Å². The largest absolute Gasteiger partial charge is 0.465 e. The van der Waals surface area contributed by atoms with Gasteiger partial charge in [-0.15, -0.1) is 0 Å². The summed E-state index contributed by atoms with van der Waals surface area (Å²) in [4.78, 5) is 28.0. The highest BCUT2D eigenvalue weighted by Crippen LogP contribution is 2.25. The van der Waals surface area contributed by atoms with Crippen molar-refractivity contribution in [3.63, 3.8) is 0 Å². The lowest BCUT2D eigenvalue weighted by Gasteiger charge is -2.17. The highest BCUT2D eigenvalue weighted by molar-refractivity contribution is 7.93. The number of amides is 1. The molecule has 2 heterocycles. The third-order valence-corrected chi connectivity index (χ3v) is 6.37. The summed E-state index contributed by atoms with van der Waals surface area (Å²) in [5, 5.41) is 2.84. The summed E-state index contributed by atoms with van der Waals surface area (Å²) in [7, 11) is -2.05. The topological polar surface area (TPSA) is 106 Å². The highest BCUT2D eigenvalue weighted by Gasteiger charge is 2.28. The van der Waals surface area contributed by atoms with Crippen LogP contribution in [0.1, 0.15) is 26.5 Å². The SMILES string of the molecule is COC(=O)c1cnc(NC(=O)c2cccc(N3CCCS3(=O)=O)c2)s1. The molecule has 0 spiro atoms. The van der Waals surface area contributed by atoms with Gasteiger partial charge in [-0.1, -0.05) is 17.4 Å². The standard InChI is InChI=1S/C15H15N3O5S2/c1-23-14(20)12-9-16-15(24-12)17-13(19)10-4-2-5-11(8-10)18-6-3-7-25(18,21)22/h2,4-5,8-9H,3,6-7H2,1H3,(H,16,17,19). The summed E-state index contributed by atoms with van der Waals surface area (Å²) in [5.41, 5.74) is 0.758. The van der Waals surface area contributed by atoms with Crippen molar-refractivity contribution in [2.24, 2.45) is 0 Å². The first-order valence-electron chi connectivity index (χ1n) is 7.37. The molecule has 0 aliphatic carbocycles. The van der Waals surface area contributed by atoms with E-state index in [9.17, 15) is 18.0 Å². The molecule has 1 saturated heterocycles. The van der Waals surface area contributed by atoms with Crippen molar-refractivity contribution in [1.82, 2.24) is 4.98 Å². The number of hydrogen-bond acceptors (Lipinski definition) is 7. The van der Waals surface area contributed by atoms with Crippen LogP contribution in [0.15, 0.2) is 30.5 Å². The van der Waals surface area contributed by atoms with E-state index in [-0.39, 0.29) is 15.8 Å². The summed E-state index contributed by atoms with van der Waals surface area (Å²) in [6.07, 6.45) is 1.88. The molecular formula is C15H15N3O5S2. The number of aromatic nitrogens is 1. The Morgan fingerprint density at radius 3 is 2.84 bits per heavy atom. The van der Waals surface area contributed by atoms with Gasteiger partial charge in [0.1, 0.15) is 4.88 Å². The molecule has 132 valence electrons. The van der Waals surface area contributed by atoms with Crippen LogP contribution in [0, 0.1) is 0 Å². The molecule has 8 nitrogen and oxygen atoms in total. The van der Waals surface area contributed by atoms with Gasteiger partial charge in [0.15, 0.2) is 5.13 Å². The Hall–Kier alpha value is -2.46. The zero-order valence-corrected chi connectivity index (χ0v) is 14.9. The van der Waals surface area contributed by atoms with E-state index in [1.807, 2.05) is 0 Å². The van der Waals surface area contributed by atoms with Crippen molar-refractivity contribution < 1.29 is 22.7 Å². The van der Waals surface area contributed by atoms with Gasteiger partial charge in [0, 0.05) is 12.1 Å². The van der Waals surface area contributed by atoms with Gasteiger partial charge in [0.25, 0.3) is 5.91 Å². The second kappa shape index (κ2) is 6.81. The lowest BCUT2D eigenvalue weighted by Crippen LogP contribution is -2.25. The molecule has 0 saturated carbocycles. The minimum atomic E-state index is -3.31. The molecule has 1 N–H and O–H groups in total. The Kier molecular flexibility index (Phi) is 4.73. The summed E-state index contributed by atoms with van der Waals surface area (Å²) >= 11 is 0.994. The molecule has 1 aliphatic heterocycles. The van der Waals surface area contributed by atoms with E-state index in [2.05, 4.69) is 15.0 Å². The molecule has 0 bridgehead atoms. The Labute approximate surface area is 148 Å². The van der Waals surface area contributed by atoms with Crippen LogP contribution in [-0.2, 0) is 14.8 Å². The molecule has 0 radical (unpaired) electrons. The zero-order chi connectivity index (χ0) is 18.0. The molecule has 1 aromatic carbocycles. The fourth-order valence-corrected chi connectivity index (χ4v) is 4.71. The van der Waals surface area contributed by atoms with Gasteiger partial charge in [-0.3, -0.25) is 14.4 Å². The van der Waals surface area contributed by atoms with E-state index >= 15 is 0 Å². The summed E-state index contributed by atoms with van der Waals surface area (Å²) in [5.74, 6) is -0.859. The van der Waals surface area contributed by atoms with E-state index in [1.165, 1.54) is 23.7 Å². The molecule has 2 aromatic rings. The molecule has 1 amide bonds. The molecule has 0 atom stereocenters. The average Bonchev–Trinajstić information content (AvgIpc) is 3.20. The fourth-order valence-electron chi connectivity index (χ4n) is 2.43. The van der Waals surface area contributed by atoms with E-state index < -0.39 is 21.9 Å². The number of benzene rings is 1. The second-order valence-electron chi connectivity index (χ2n) is 5.27. The molecular weight excluding hydrogens is 366 g/mol. The molecule has 0 unspecified atom stereocenters. The maximum absolute atomic E-state index is 12.4. The van der Waals surface area contributed by atoms with Crippen LogP contribution in [0.25, 0.3) is 0 Å². The number of esters is 1. The number of ether oxygens (including phenoxy) is 1. The predicted molar refractivity (Wildman–Crippen MR) is 93.6 cm³/mol. The van der Waals surface area contributed by atoms with Crippen molar-refractivity contribution in [3.8, 4) is 0 Å². The van der Waals surface area contributed by atoms with Crippen molar-refractivity contribution in [1.29, 1.82) is 0 Å². The number of rotatable bonds is 4. The Bertz CT molecular complexity index is 923. The normalized spacial score (nSPS) is 15.8. The molecule has 1 aliphatic rings. The molecule has 25 heavy (non-hydrogen) atoms. The lowest BCUT2D eigenvalue weighted by molar-refractivity contribution is 0.0606. The van der Waals surface area contributed by atoms with Crippen molar-refractivity contribution >= 4 is 44.1 Å². The van der Waals surface area contributed by atoms with Gasteiger partial charge >= 0.3 is 5.97 Å². The number of nitrogens with one attached hydrogen (secondary N) is 1. The third kappa shape index (κ3) is 3.64. The average molecular weight is 381 g/mol. The number of thiazole rings is 1. The van der Waals surface area contributed by atoms with E-state index in [0.29, 0.717) is 24.2 Å². The van der Waals surface area contributed by atoms with E-state index in [4.69, 9.17) is 0 Å². The summed E-state index contributed by atoms with van der Waals surface area (Å²) in [6.45, 7) is 0.405. The number of nitrogens with zero attached hydrogens (tertiary/aromatic N) is 2. The van der Waals surface area contributed by atoms with E-state index in [1.54, 1.807) is 18.2 Å². The van der Waals surface area contributed by atoms with Gasteiger partial charge in [0.2, 0.25) is 10.0 Å². The summed E-state index contributed by atoms with van der Waals surface area (Å²) < 4.78 is 29.9. The third-order valence-electron chi connectivity index (χ3n) is 3.61. The van der Waals surface area contributed by atoms with Crippen LogP contribution in [0.4, 0.5) is 10.8 Å². The fraction of sp³-hybridized carbons (Fsp3) is 0.267. The van der Waals surface area contributed by atoms with Crippen LogP contribution in [-0.4, -0.2) is 44.7 Å². The number of methoxy groups -OCH3 is 1. The quantitative estimate of drug-likeness (QED) is 0.809. The Balaban J connectivity index is 1.78. The number of carbonyl (C=O) groups excluding carboxylic acids is 2. The minimum Gasteiger partial charge on any atom is -0.465 e. The molecule has 1 fully saturated rings. The van der Waals surface area contributed by atoms with Crippen LogP contribution >= 0.6 is 11.3 Å². The monoisotopic (exact) mass is 381 g/mol. The minimum absolute atomic E-state index is 0.110. The molecule has 3 rings (SSSR count). The van der Waals surface area contributed by atoms with Crippen LogP contribution in [0.5, 0.6) is 0 Å². The van der Waals surface area contributed by atoms with Gasteiger partial charge in [-0.05, 0) is 24.6 Å². The number of anilines is 2. The lowest BCUT2D eigenvalue weighted by atomic mass is 10.2. The number of sulfonamides is 1. The van der Waals surface area contributed by atoms with Crippen LogP contribution in [0.3, 0.4) is 0 Å². The first-order chi connectivity index (χ1) is 11.9. The molecule has 1 aromatic heterocycles. The Morgan fingerprint density at radius 1 is 1.36 bits per heavy atom. The van der Waals surface area contributed by atoms with Gasteiger partial charge in [0.05, 0.1) is 24.7 Å². The van der Waals surface area contributed by atoms with Crippen molar-refractivity contribution in [3.05, 3.63) is 40.9 Å². The zero-order valence-electron chi connectivity index (χ0n) is 13.3.